The minimum Gasteiger partial charge on any atom is -0.390 e. The van der Waals surface area contributed by atoms with Gasteiger partial charge in [-0.1, -0.05) is 24.3 Å². The van der Waals surface area contributed by atoms with Gasteiger partial charge < -0.3 is 10.4 Å². The molecule has 5 nitrogen and oxygen atoms in total. The summed E-state index contributed by atoms with van der Waals surface area (Å²) in [6, 6.07) is 14.9. The fourth-order valence-corrected chi connectivity index (χ4v) is 3.52. The fourth-order valence-electron chi connectivity index (χ4n) is 3.52. The number of anilines is 1. The molecule has 0 fully saturated rings. The summed E-state index contributed by atoms with van der Waals surface area (Å²) < 4.78 is 0. The number of fused-ring (bicyclic) bond motifs is 1. The summed E-state index contributed by atoms with van der Waals surface area (Å²) in [6.07, 6.45) is 0.968. The maximum absolute atomic E-state index is 12.6. The van der Waals surface area contributed by atoms with E-state index in [0.717, 1.165) is 35.5 Å². The van der Waals surface area contributed by atoms with Crippen LogP contribution in [0.25, 0.3) is 0 Å². The van der Waals surface area contributed by atoms with Crippen LogP contribution in [-0.2, 0) is 6.42 Å². The SMILES string of the molecule is CC1=NN(c2ccc(C(=O)NC3c4ccccc4CC3O)cc2)CC1. The van der Waals surface area contributed by atoms with E-state index in [4.69, 9.17) is 0 Å². The van der Waals surface area contributed by atoms with Crippen molar-refractivity contribution in [1.29, 1.82) is 0 Å². The molecule has 0 bridgehead atoms. The Hall–Kier alpha value is -2.66. The van der Waals surface area contributed by atoms with E-state index in [1.807, 2.05) is 48.3 Å². The predicted molar refractivity (Wildman–Crippen MR) is 97.9 cm³/mol. The molecule has 0 spiro atoms. The van der Waals surface area contributed by atoms with Gasteiger partial charge in [-0.3, -0.25) is 9.80 Å². The van der Waals surface area contributed by atoms with Gasteiger partial charge in [-0.25, -0.2) is 0 Å². The van der Waals surface area contributed by atoms with Crippen molar-refractivity contribution >= 4 is 17.3 Å². The first-order valence-electron chi connectivity index (χ1n) is 8.60. The first-order chi connectivity index (χ1) is 12.1. The number of hydrogen-bond acceptors (Lipinski definition) is 4. The molecule has 1 heterocycles. The van der Waals surface area contributed by atoms with Crippen LogP contribution in [0.3, 0.4) is 0 Å². The van der Waals surface area contributed by atoms with Gasteiger partial charge in [0.15, 0.2) is 0 Å². The van der Waals surface area contributed by atoms with Crippen LogP contribution in [0.5, 0.6) is 0 Å². The first kappa shape index (κ1) is 15.8. The molecule has 25 heavy (non-hydrogen) atoms. The highest BCUT2D eigenvalue weighted by Gasteiger charge is 2.32. The van der Waals surface area contributed by atoms with Gasteiger partial charge in [0.1, 0.15) is 0 Å². The zero-order chi connectivity index (χ0) is 17.4. The number of nitrogens with one attached hydrogen (secondary N) is 1. The van der Waals surface area contributed by atoms with Gasteiger partial charge in [0.05, 0.1) is 17.8 Å². The molecule has 0 aromatic heterocycles. The molecule has 2 N–H and O–H groups in total. The number of nitrogens with zero attached hydrogens (tertiary/aromatic N) is 2. The Balaban J connectivity index is 1.48. The van der Waals surface area contributed by atoms with Crippen LogP contribution in [0, 0.1) is 0 Å². The second-order valence-corrected chi connectivity index (χ2v) is 6.68. The number of hydrazone groups is 1. The molecule has 2 aromatic carbocycles. The number of carbonyl (C=O) groups is 1. The molecular weight excluding hydrogens is 314 g/mol. The van der Waals surface area contributed by atoms with Crippen molar-refractivity contribution < 1.29 is 9.90 Å². The summed E-state index contributed by atoms with van der Waals surface area (Å²) >= 11 is 0. The molecule has 0 radical (unpaired) electrons. The van der Waals surface area contributed by atoms with E-state index in [9.17, 15) is 9.90 Å². The van der Waals surface area contributed by atoms with Crippen molar-refractivity contribution in [2.24, 2.45) is 5.10 Å². The molecular formula is C20H21N3O2. The normalized spacial score (nSPS) is 21.8. The number of carbonyl (C=O) groups excluding carboxylic acids is 1. The van der Waals surface area contributed by atoms with Gasteiger partial charge in [-0.05, 0) is 42.3 Å². The number of amides is 1. The van der Waals surface area contributed by atoms with E-state index >= 15 is 0 Å². The van der Waals surface area contributed by atoms with Gasteiger partial charge in [0.2, 0.25) is 0 Å². The van der Waals surface area contributed by atoms with Gasteiger partial charge >= 0.3 is 0 Å². The minimum absolute atomic E-state index is 0.173. The highest BCUT2D eigenvalue weighted by Crippen LogP contribution is 2.31. The van der Waals surface area contributed by atoms with Crippen molar-refractivity contribution in [3.63, 3.8) is 0 Å². The summed E-state index contributed by atoms with van der Waals surface area (Å²) in [5, 5.41) is 19.7. The summed E-state index contributed by atoms with van der Waals surface area (Å²) in [5.74, 6) is -0.173. The maximum atomic E-state index is 12.6. The molecule has 0 saturated carbocycles. The van der Waals surface area contributed by atoms with E-state index in [1.54, 1.807) is 12.1 Å². The smallest absolute Gasteiger partial charge is 0.251 e. The van der Waals surface area contributed by atoms with Crippen LogP contribution >= 0.6 is 0 Å². The molecule has 4 rings (SSSR count). The van der Waals surface area contributed by atoms with Gasteiger partial charge in [-0.2, -0.15) is 5.10 Å². The van der Waals surface area contributed by atoms with Crippen molar-refractivity contribution in [2.75, 3.05) is 11.6 Å². The summed E-state index contributed by atoms with van der Waals surface area (Å²) in [7, 11) is 0. The Morgan fingerprint density at radius 2 is 1.96 bits per heavy atom. The second-order valence-electron chi connectivity index (χ2n) is 6.68. The molecule has 1 amide bonds. The number of aliphatic hydroxyl groups is 1. The van der Waals surface area contributed by atoms with Gasteiger partial charge in [-0.15, -0.1) is 0 Å². The predicted octanol–water partition coefficient (Wildman–Crippen LogP) is 2.66. The monoisotopic (exact) mass is 335 g/mol. The van der Waals surface area contributed by atoms with Crippen molar-refractivity contribution in [2.45, 2.75) is 31.9 Å². The highest BCUT2D eigenvalue weighted by atomic mass is 16.3. The molecule has 1 aliphatic carbocycles. The summed E-state index contributed by atoms with van der Waals surface area (Å²) in [5.41, 5.74) is 4.79. The molecule has 2 unspecified atom stereocenters. The summed E-state index contributed by atoms with van der Waals surface area (Å²) in [4.78, 5) is 12.6. The lowest BCUT2D eigenvalue weighted by Gasteiger charge is -2.18. The number of rotatable bonds is 3. The third-order valence-corrected chi connectivity index (χ3v) is 4.89. The zero-order valence-corrected chi connectivity index (χ0v) is 14.1. The van der Waals surface area contributed by atoms with E-state index in [1.165, 1.54) is 0 Å². The Morgan fingerprint density at radius 1 is 1.20 bits per heavy atom. The van der Waals surface area contributed by atoms with Crippen molar-refractivity contribution in [3.8, 4) is 0 Å². The second kappa shape index (κ2) is 6.33. The highest BCUT2D eigenvalue weighted by molar-refractivity contribution is 5.95. The average Bonchev–Trinajstić information content (AvgIpc) is 3.19. The largest absolute Gasteiger partial charge is 0.390 e. The van der Waals surface area contributed by atoms with Crippen LogP contribution < -0.4 is 10.3 Å². The maximum Gasteiger partial charge on any atom is 0.251 e. The topological polar surface area (TPSA) is 64.9 Å². The van der Waals surface area contributed by atoms with Crippen molar-refractivity contribution in [1.82, 2.24) is 5.32 Å². The van der Waals surface area contributed by atoms with E-state index < -0.39 is 6.10 Å². The Bertz CT molecular complexity index is 829. The van der Waals surface area contributed by atoms with Crippen molar-refractivity contribution in [3.05, 3.63) is 65.2 Å². The van der Waals surface area contributed by atoms with E-state index in [2.05, 4.69) is 10.4 Å². The molecule has 1 aliphatic heterocycles. The Labute approximate surface area is 147 Å². The first-order valence-corrected chi connectivity index (χ1v) is 8.60. The number of benzene rings is 2. The van der Waals surface area contributed by atoms with Crippen LogP contribution in [0.15, 0.2) is 53.6 Å². The number of aliphatic hydroxyl groups excluding tert-OH is 1. The molecule has 128 valence electrons. The standard InChI is InChI=1S/C20H21N3O2/c1-13-10-11-23(22-13)16-8-6-14(7-9-16)20(25)21-19-17-5-3-2-4-15(17)12-18(19)24/h2-9,18-19,24H,10-12H2,1H3,(H,21,25). The van der Waals surface area contributed by atoms with Crippen LogP contribution in [0.1, 0.15) is 40.9 Å². The Kier molecular flexibility index (Phi) is 4.01. The fraction of sp³-hybridized carbons (Fsp3) is 0.300. The van der Waals surface area contributed by atoms with Crippen LogP contribution in [0.2, 0.25) is 0 Å². The molecule has 2 aliphatic rings. The lowest BCUT2D eigenvalue weighted by atomic mass is 10.1. The summed E-state index contributed by atoms with van der Waals surface area (Å²) in [6.45, 7) is 2.90. The zero-order valence-electron chi connectivity index (χ0n) is 14.1. The van der Waals surface area contributed by atoms with Gasteiger partial charge in [0, 0.05) is 30.7 Å². The number of hydrogen-bond donors (Lipinski definition) is 2. The average molecular weight is 335 g/mol. The third-order valence-electron chi connectivity index (χ3n) is 4.89. The van der Waals surface area contributed by atoms with E-state index in [0.29, 0.717) is 12.0 Å². The van der Waals surface area contributed by atoms with E-state index in [-0.39, 0.29) is 11.9 Å². The minimum atomic E-state index is -0.581. The quantitative estimate of drug-likeness (QED) is 0.906. The van der Waals surface area contributed by atoms with Crippen LogP contribution in [-0.4, -0.2) is 29.4 Å². The molecule has 0 saturated heterocycles. The Morgan fingerprint density at radius 3 is 2.68 bits per heavy atom. The molecule has 5 heteroatoms. The third kappa shape index (κ3) is 3.03. The lowest BCUT2D eigenvalue weighted by molar-refractivity contribution is 0.0858. The van der Waals surface area contributed by atoms with Gasteiger partial charge in [0.25, 0.3) is 5.91 Å². The van der Waals surface area contributed by atoms with Crippen LogP contribution in [0.4, 0.5) is 5.69 Å². The molecule has 2 aromatic rings. The molecule has 2 atom stereocenters. The lowest BCUT2D eigenvalue weighted by Crippen LogP contribution is -2.33.